The van der Waals surface area contributed by atoms with Crippen molar-refractivity contribution >= 4 is 50.6 Å². The van der Waals surface area contributed by atoms with E-state index < -0.39 is 5.41 Å². The minimum absolute atomic E-state index is 0.0365. The number of allylic oxidation sites excluding steroid dienone is 2. The first-order valence-electron chi connectivity index (χ1n) is 15.0. The van der Waals surface area contributed by atoms with Gasteiger partial charge in [0.05, 0.1) is 23.1 Å². The number of rotatable bonds is 12. The van der Waals surface area contributed by atoms with Gasteiger partial charge in [-0.05, 0) is 69.7 Å². The van der Waals surface area contributed by atoms with Crippen molar-refractivity contribution in [2.75, 3.05) is 24.6 Å². The third-order valence-corrected chi connectivity index (χ3v) is 9.48. The van der Waals surface area contributed by atoms with Gasteiger partial charge in [-0.15, -0.1) is 0 Å². The fraction of sp³-hybridized carbons (Fsp3) is 0.457. The summed E-state index contributed by atoms with van der Waals surface area (Å²) in [6.45, 7) is 18.3. The van der Waals surface area contributed by atoms with Crippen molar-refractivity contribution < 1.29 is 24.0 Å². The van der Waals surface area contributed by atoms with Gasteiger partial charge in [-0.1, -0.05) is 63.3 Å². The molecule has 1 heterocycles. The number of aliphatic hydroxyl groups is 1. The Morgan fingerprint density at radius 1 is 1.07 bits per heavy atom. The number of hydrogen-bond acceptors (Lipinski definition) is 6. The average molecular weight is 590 g/mol. The average Bonchev–Trinajstić information content (AvgIpc) is 3.32. The Hall–Kier alpha value is -3.45. The van der Waals surface area contributed by atoms with Crippen molar-refractivity contribution in [1.29, 1.82) is 0 Å². The van der Waals surface area contributed by atoms with Crippen LogP contribution in [0.15, 0.2) is 59.9 Å². The van der Waals surface area contributed by atoms with E-state index in [1.165, 1.54) is 0 Å². The Balaban J connectivity index is 1.47. The molecule has 1 aliphatic carbocycles. The van der Waals surface area contributed by atoms with E-state index in [0.717, 1.165) is 33.9 Å². The maximum absolute atomic E-state index is 13.2. The molecule has 0 bridgehead atoms. The summed E-state index contributed by atoms with van der Waals surface area (Å²) in [5.41, 5.74) is 2.97. The van der Waals surface area contributed by atoms with Gasteiger partial charge in [0.25, 0.3) is 5.01 Å². The number of anilines is 1. The lowest BCUT2D eigenvalue weighted by molar-refractivity contribution is -0.688. The summed E-state index contributed by atoms with van der Waals surface area (Å²) in [4.78, 5) is 28.3. The number of likely N-dealkylation sites (N-methyl/N-ethyl adjacent to an activating group) is 1. The van der Waals surface area contributed by atoms with Crippen molar-refractivity contribution in [1.82, 2.24) is 0 Å². The first kappa shape index (κ1) is 31.5. The number of carbonyl (C=O) groups is 2. The summed E-state index contributed by atoms with van der Waals surface area (Å²) in [5.74, 6) is 0.350. The number of Topliss-reactive ketones (excluding diaryl/α,β-unsaturated/α-hetero) is 1. The third-order valence-electron chi connectivity index (χ3n) is 8.39. The molecule has 0 spiro atoms. The number of benzene rings is 2. The zero-order valence-electron chi connectivity index (χ0n) is 26.2. The van der Waals surface area contributed by atoms with Crippen LogP contribution in [0, 0.1) is 17.3 Å². The molecule has 0 fully saturated rings. The van der Waals surface area contributed by atoms with Crippen LogP contribution in [0.4, 0.5) is 5.69 Å². The quantitative estimate of drug-likeness (QED) is 0.133. The SMILES string of the molecule is CCN(CCOC(=O)C(C)(CC(C)C)C(C)C)c1ccc(C2=C(O)C(=Cc3sc4ccccc4[n+]3C(C)C)C2=O)cc1. The number of hydrogen-bond donors (Lipinski definition) is 1. The van der Waals surface area contributed by atoms with Crippen LogP contribution in [0.5, 0.6) is 0 Å². The minimum Gasteiger partial charge on any atom is -0.506 e. The van der Waals surface area contributed by atoms with Gasteiger partial charge in [0, 0.05) is 24.4 Å². The Labute approximate surface area is 254 Å². The van der Waals surface area contributed by atoms with E-state index in [9.17, 15) is 14.7 Å². The van der Waals surface area contributed by atoms with E-state index in [-0.39, 0.29) is 29.5 Å². The maximum Gasteiger partial charge on any atom is 0.312 e. The molecule has 2 aromatic carbocycles. The molecule has 0 amide bonds. The highest BCUT2D eigenvalue weighted by molar-refractivity contribution is 7.18. The van der Waals surface area contributed by atoms with Gasteiger partial charge < -0.3 is 14.7 Å². The second-order valence-corrected chi connectivity index (χ2v) is 13.5. The monoisotopic (exact) mass is 589 g/mol. The lowest BCUT2D eigenvalue weighted by atomic mass is 9.73. The summed E-state index contributed by atoms with van der Waals surface area (Å²) in [7, 11) is 0. The minimum atomic E-state index is -0.503. The number of nitrogens with zero attached hydrogens (tertiary/aromatic N) is 2. The zero-order valence-corrected chi connectivity index (χ0v) is 27.0. The van der Waals surface area contributed by atoms with E-state index in [1.54, 1.807) is 11.3 Å². The Kier molecular flexibility index (Phi) is 9.61. The van der Waals surface area contributed by atoms with Crippen LogP contribution in [0.3, 0.4) is 0 Å². The highest BCUT2D eigenvalue weighted by atomic mass is 32.1. The topological polar surface area (TPSA) is 70.7 Å². The van der Waals surface area contributed by atoms with Crippen LogP contribution < -0.4 is 9.47 Å². The number of fused-ring (bicyclic) bond motifs is 1. The number of aliphatic hydroxyl groups excluding tert-OH is 1. The van der Waals surface area contributed by atoms with Crippen LogP contribution in [-0.4, -0.2) is 36.6 Å². The summed E-state index contributed by atoms with van der Waals surface area (Å²) in [6.07, 6.45) is 2.61. The molecule has 1 N–H and O–H groups in total. The summed E-state index contributed by atoms with van der Waals surface area (Å²) >= 11 is 1.62. The standard InChI is InChI=1S/C35H44N2O4S/c1-9-36(18-19-41-34(40)35(8,23(4)5)21-22(2)3)26-16-14-25(15-17-26)31-32(38)27(33(31)39)20-30-37(24(6)7)28-12-10-11-13-29(28)42-30/h10-17,20,22-24H,9,18-19,21H2,1-8H3/p+1. The molecule has 42 heavy (non-hydrogen) atoms. The van der Waals surface area contributed by atoms with Crippen LogP contribution in [0.1, 0.15) is 78.4 Å². The molecule has 0 radical (unpaired) electrons. The molecule has 0 saturated heterocycles. The van der Waals surface area contributed by atoms with E-state index in [2.05, 4.69) is 70.1 Å². The van der Waals surface area contributed by atoms with Crippen LogP contribution in [0.25, 0.3) is 21.9 Å². The molecular weight excluding hydrogens is 544 g/mol. The third kappa shape index (κ3) is 6.17. The Morgan fingerprint density at radius 3 is 2.31 bits per heavy atom. The van der Waals surface area contributed by atoms with Crippen molar-refractivity contribution in [2.45, 2.75) is 67.9 Å². The lowest BCUT2D eigenvalue weighted by Crippen LogP contribution is -2.38. The molecule has 224 valence electrons. The van der Waals surface area contributed by atoms with Crippen molar-refractivity contribution in [3.8, 4) is 0 Å². The van der Waals surface area contributed by atoms with Gasteiger partial charge in [-0.25, -0.2) is 0 Å². The zero-order chi connectivity index (χ0) is 30.8. The van der Waals surface area contributed by atoms with Gasteiger partial charge >= 0.3 is 5.97 Å². The first-order chi connectivity index (χ1) is 19.9. The fourth-order valence-electron chi connectivity index (χ4n) is 5.73. The fourth-order valence-corrected chi connectivity index (χ4v) is 6.95. The number of thiazole rings is 1. The molecule has 1 aromatic heterocycles. The highest BCUT2D eigenvalue weighted by Crippen LogP contribution is 2.39. The van der Waals surface area contributed by atoms with Crippen LogP contribution in [-0.2, 0) is 14.3 Å². The van der Waals surface area contributed by atoms with Crippen molar-refractivity contribution in [2.24, 2.45) is 17.3 Å². The first-order valence-corrected chi connectivity index (χ1v) is 15.9. The van der Waals surface area contributed by atoms with Crippen LogP contribution in [0.2, 0.25) is 0 Å². The number of ether oxygens (including phenoxy) is 1. The number of aromatic nitrogens is 1. The van der Waals surface area contributed by atoms with Gasteiger partial charge in [-0.2, -0.15) is 4.57 Å². The molecule has 0 aliphatic heterocycles. The Morgan fingerprint density at radius 2 is 1.74 bits per heavy atom. The van der Waals surface area contributed by atoms with E-state index >= 15 is 0 Å². The van der Waals surface area contributed by atoms with Crippen LogP contribution >= 0.6 is 11.3 Å². The number of para-hydroxylation sites is 1. The molecule has 7 heteroatoms. The largest absolute Gasteiger partial charge is 0.506 e. The summed E-state index contributed by atoms with van der Waals surface area (Å²) in [5, 5.41) is 11.9. The molecule has 1 aliphatic rings. The highest BCUT2D eigenvalue weighted by Gasteiger charge is 2.39. The van der Waals surface area contributed by atoms with Crippen molar-refractivity contribution in [3.63, 3.8) is 0 Å². The lowest BCUT2D eigenvalue weighted by Gasteiger charge is -2.33. The number of esters is 1. The summed E-state index contributed by atoms with van der Waals surface area (Å²) in [6, 6.07) is 16.0. The summed E-state index contributed by atoms with van der Waals surface area (Å²) < 4.78 is 9.11. The second kappa shape index (κ2) is 12.8. The van der Waals surface area contributed by atoms with Gasteiger partial charge in [-0.3, -0.25) is 9.59 Å². The molecule has 3 aromatic rings. The molecule has 0 saturated carbocycles. The smallest absolute Gasteiger partial charge is 0.312 e. The van der Waals surface area contributed by atoms with Gasteiger partial charge in [0.2, 0.25) is 11.3 Å². The van der Waals surface area contributed by atoms with E-state index in [0.29, 0.717) is 35.8 Å². The normalized spacial score (nSPS) is 16.1. The van der Waals surface area contributed by atoms with E-state index in [1.807, 2.05) is 49.4 Å². The molecule has 1 atom stereocenters. The van der Waals surface area contributed by atoms with Gasteiger partial charge in [0.1, 0.15) is 17.1 Å². The molecule has 4 rings (SSSR count). The predicted octanol–water partition coefficient (Wildman–Crippen LogP) is 7.78. The Bertz CT molecular complexity index is 1510. The predicted molar refractivity (Wildman–Crippen MR) is 173 cm³/mol. The number of ketones is 1. The van der Waals surface area contributed by atoms with Gasteiger partial charge in [0.15, 0.2) is 6.04 Å². The maximum atomic E-state index is 13.2. The molecule has 6 nitrogen and oxygen atoms in total. The van der Waals surface area contributed by atoms with E-state index in [4.69, 9.17) is 4.74 Å². The van der Waals surface area contributed by atoms with Crippen molar-refractivity contribution in [3.05, 3.63) is 70.4 Å². The molecule has 1 unspecified atom stereocenters. The molecular formula is C35H45N2O4S+. The number of carbonyl (C=O) groups excluding carboxylic acids is 2. The second-order valence-electron chi connectivity index (χ2n) is 12.4.